The van der Waals surface area contributed by atoms with Crippen molar-refractivity contribution in [2.24, 2.45) is 5.92 Å². The van der Waals surface area contributed by atoms with Gasteiger partial charge in [0.1, 0.15) is 5.75 Å². The number of urea groups is 1. The lowest BCUT2D eigenvalue weighted by molar-refractivity contribution is 0.161. The monoisotopic (exact) mass is 412 g/mol. The van der Waals surface area contributed by atoms with Gasteiger partial charge in [0.15, 0.2) is 0 Å². The Morgan fingerprint density at radius 3 is 2.97 bits per heavy atom. The number of nitrogens with one attached hydrogen (secondary N) is 1. The number of hydrogen-bond acceptors (Lipinski definition) is 6. The second-order valence-electron chi connectivity index (χ2n) is 7.19. The molecule has 152 valence electrons. The molecule has 1 N–H and O–H groups in total. The summed E-state index contributed by atoms with van der Waals surface area (Å²) in [6.45, 7) is 1.97. The van der Waals surface area contributed by atoms with Gasteiger partial charge in [-0.25, -0.2) is 4.79 Å². The van der Waals surface area contributed by atoms with Crippen molar-refractivity contribution in [3.63, 3.8) is 0 Å². The second kappa shape index (κ2) is 9.09. The molecule has 2 aromatic heterocycles. The zero-order valence-electron chi connectivity index (χ0n) is 16.3. The molecule has 8 heteroatoms. The highest BCUT2D eigenvalue weighted by molar-refractivity contribution is 7.08. The van der Waals surface area contributed by atoms with Gasteiger partial charge in [0.05, 0.1) is 7.11 Å². The van der Waals surface area contributed by atoms with E-state index in [-0.39, 0.29) is 6.03 Å². The van der Waals surface area contributed by atoms with Crippen molar-refractivity contribution in [3.8, 4) is 17.1 Å². The number of piperidine rings is 1. The lowest BCUT2D eigenvalue weighted by Crippen LogP contribution is -2.45. The van der Waals surface area contributed by atoms with E-state index >= 15 is 0 Å². The maximum Gasteiger partial charge on any atom is 0.317 e. The average Bonchev–Trinajstić information content (AvgIpc) is 3.44. The van der Waals surface area contributed by atoms with Crippen LogP contribution in [0.25, 0.3) is 11.4 Å². The molecular weight excluding hydrogens is 388 g/mol. The zero-order chi connectivity index (χ0) is 20.1. The molecule has 29 heavy (non-hydrogen) atoms. The van der Waals surface area contributed by atoms with E-state index in [1.807, 2.05) is 46.0 Å². The van der Waals surface area contributed by atoms with Crippen molar-refractivity contribution in [2.45, 2.75) is 25.8 Å². The molecule has 0 spiro atoms. The molecule has 1 atom stereocenters. The highest BCUT2D eigenvalue weighted by Gasteiger charge is 2.25. The van der Waals surface area contributed by atoms with Crippen LogP contribution in [-0.4, -0.2) is 41.3 Å². The number of hydrogen-bond donors (Lipinski definition) is 1. The number of ether oxygens (including phenoxy) is 1. The van der Waals surface area contributed by atoms with Crippen molar-refractivity contribution in [3.05, 3.63) is 52.5 Å². The van der Waals surface area contributed by atoms with Crippen LogP contribution < -0.4 is 10.1 Å². The number of benzene rings is 1. The van der Waals surface area contributed by atoms with Crippen molar-refractivity contribution in [2.75, 3.05) is 20.2 Å². The standard InChI is InChI=1S/C21H24N4O3S/c1-27-18-6-4-15(5-7-18)12-22-21(26)25-9-2-3-16(13-25)11-19-23-20(24-28-19)17-8-10-29-14-17/h4-8,10,14,16H,2-3,9,11-13H2,1H3,(H,22,26). The molecule has 2 amide bonds. The summed E-state index contributed by atoms with van der Waals surface area (Å²) >= 11 is 1.61. The van der Waals surface area contributed by atoms with E-state index in [0.29, 0.717) is 37.1 Å². The molecule has 0 saturated carbocycles. The van der Waals surface area contributed by atoms with Gasteiger partial charge < -0.3 is 19.5 Å². The number of aromatic nitrogens is 2. The first-order valence-corrected chi connectivity index (χ1v) is 10.7. The quantitative estimate of drug-likeness (QED) is 0.663. The Morgan fingerprint density at radius 1 is 1.34 bits per heavy atom. The third-order valence-corrected chi connectivity index (χ3v) is 5.80. The first kappa shape index (κ1) is 19.4. The Labute approximate surface area is 173 Å². The SMILES string of the molecule is COc1ccc(CNC(=O)N2CCCC(Cc3nc(-c4ccsc4)no3)C2)cc1. The summed E-state index contributed by atoms with van der Waals surface area (Å²) in [7, 11) is 1.64. The number of likely N-dealkylation sites (tertiary alicyclic amines) is 1. The molecule has 4 rings (SSSR count). The number of methoxy groups -OCH3 is 1. The Bertz CT molecular complexity index is 924. The van der Waals surface area contributed by atoms with Crippen LogP contribution in [0.1, 0.15) is 24.3 Å². The smallest absolute Gasteiger partial charge is 0.317 e. The van der Waals surface area contributed by atoms with Gasteiger partial charge in [0.2, 0.25) is 11.7 Å². The van der Waals surface area contributed by atoms with E-state index in [4.69, 9.17) is 9.26 Å². The summed E-state index contributed by atoms with van der Waals surface area (Å²) in [6.07, 6.45) is 2.73. The van der Waals surface area contributed by atoms with Crippen molar-refractivity contribution >= 4 is 17.4 Å². The molecular formula is C21H24N4O3S. The number of thiophene rings is 1. The van der Waals surface area contributed by atoms with E-state index in [1.165, 1.54) is 0 Å². The highest BCUT2D eigenvalue weighted by atomic mass is 32.1. The largest absolute Gasteiger partial charge is 0.497 e. The van der Waals surface area contributed by atoms with E-state index in [1.54, 1.807) is 18.4 Å². The van der Waals surface area contributed by atoms with Gasteiger partial charge in [-0.2, -0.15) is 16.3 Å². The molecule has 1 fully saturated rings. The molecule has 0 aliphatic carbocycles. The Balaban J connectivity index is 1.29. The van der Waals surface area contributed by atoms with Gasteiger partial charge in [-0.3, -0.25) is 0 Å². The van der Waals surface area contributed by atoms with E-state index in [0.717, 1.165) is 36.3 Å². The van der Waals surface area contributed by atoms with Crippen molar-refractivity contribution in [1.29, 1.82) is 0 Å². The van der Waals surface area contributed by atoms with E-state index < -0.39 is 0 Å². The number of amides is 2. The van der Waals surface area contributed by atoms with Crippen molar-refractivity contribution in [1.82, 2.24) is 20.4 Å². The van der Waals surface area contributed by atoms with Crippen LogP contribution in [0.4, 0.5) is 4.79 Å². The van der Waals surface area contributed by atoms with E-state index in [9.17, 15) is 4.79 Å². The Hall–Kier alpha value is -2.87. The maximum absolute atomic E-state index is 12.6. The number of nitrogens with zero attached hydrogens (tertiary/aromatic N) is 3. The number of carbonyl (C=O) groups is 1. The molecule has 1 saturated heterocycles. The fraction of sp³-hybridized carbons (Fsp3) is 0.381. The zero-order valence-corrected chi connectivity index (χ0v) is 17.2. The summed E-state index contributed by atoms with van der Waals surface area (Å²) in [6, 6.07) is 9.65. The predicted molar refractivity (Wildman–Crippen MR) is 111 cm³/mol. The minimum absolute atomic E-state index is 0.0324. The van der Waals surface area contributed by atoms with Gasteiger partial charge in [0.25, 0.3) is 0 Å². The Kier molecular flexibility index (Phi) is 6.09. The summed E-state index contributed by atoms with van der Waals surface area (Å²) in [5, 5.41) is 11.1. The second-order valence-corrected chi connectivity index (χ2v) is 7.97. The first-order valence-electron chi connectivity index (χ1n) is 9.72. The number of rotatable bonds is 6. The predicted octanol–water partition coefficient (Wildman–Crippen LogP) is 3.97. The molecule has 1 aliphatic heterocycles. The van der Waals surface area contributed by atoms with Crippen LogP contribution in [0, 0.1) is 5.92 Å². The lowest BCUT2D eigenvalue weighted by atomic mass is 9.95. The topological polar surface area (TPSA) is 80.5 Å². The molecule has 3 heterocycles. The summed E-state index contributed by atoms with van der Waals surface area (Å²) in [5.74, 6) is 2.40. The lowest BCUT2D eigenvalue weighted by Gasteiger charge is -2.32. The minimum atomic E-state index is -0.0324. The van der Waals surface area contributed by atoms with E-state index in [2.05, 4.69) is 15.5 Å². The fourth-order valence-corrected chi connectivity index (χ4v) is 4.18. The summed E-state index contributed by atoms with van der Waals surface area (Å²) in [5.41, 5.74) is 2.02. The van der Waals surface area contributed by atoms with Crippen LogP contribution in [0.2, 0.25) is 0 Å². The number of carbonyl (C=O) groups excluding carboxylic acids is 1. The molecule has 3 aromatic rings. The first-order chi connectivity index (χ1) is 14.2. The third kappa shape index (κ3) is 4.95. The molecule has 1 aromatic carbocycles. The molecule has 1 aliphatic rings. The van der Waals surface area contributed by atoms with Crippen LogP contribution in [0.15, 0.2) is 45.6 Å². The molecule has 1 unspecified atom stereocenters. The van der Waals surface area contributed by atoms with Crippen LogP contribution in [0.5, 0.6) is 5.75 Å². The van der Waals surface area contributed by atoms with Crippen LogP contribution in [0.3, 0.4) is 0 Å². The Morgan fingerprint density at radius 2 is 2.21 bits per heavy atom. The maximum atomic E-state index is 12.6. The molecule has 0 radical (unpaired) electrons. The highest BCUT2D eigenvalue weighted by Crippen LogP contribution is 2.23. The van der Waals surface area contributed by atoms with Crippen LogP contribution >= 0.6 is 11.3 Å². The average molecular weight is 413 g/mol. The third-order valence-electron chi connectivity index (χ3n) is 5.12. The fourth-order valence-electron chi connectivity index (χ4n) is 3.54. The molecule has 0 bridgehead atoms. The molecule has 7 nitrogen and oxygen atoms in total. The van der Waals surface area contributed by atoms with Crippen molar-refractivity contribution < 1.29 is 14.1 Å². The van der Waals surface area contributed by atoms with Gasteiger partial charge in [-0.15, -0.1) is 0 Å². The van der Waals surface area contributed by atoms with Gasteiger partial charge in [-0.1, -0.05) is 17.3 Å². The summed E-state index contributed by atoms with van der Waals surface area (Å²) in [4.78, 5) is 19.0. The normalized spacial score (nSPS) is 16.6. The summed E-state index contributed by atoms with van der Waals surface area (Å²) < 4.78 is 10.6. The van der Waals surface area contributed by atoms with Gasteiger partial charge in [0, 0.05) is 37.0 Å². The van der Waals surface area contributed by atoms with Gasteiger partial charge in [-0.05, 0) is 47.9 Å². The van der Waals surface area contributed by atoms with Gasteiger partial charge >= 0.3 is 6.03 Å². The van der Waals surface area contributed by atoms with Crippen LogP contribution in [-0.2, 0) is 13.0 Å². The minimum Gasteiger partial charge on any atom is -0.497 e.